The van der Waals surface area contributed by atoms with Crippen molar-refractivity contribution < 1.29 is 5.11 Å². The van der Waals surface area contributed by atoms with Gasteiger partial charge in [-0.05, 0) is 30.5 Å². The normalized spacial score (nSPS) is 11.2. The van der Waals surface area contributed by atoms with Gasteiger partial charge in [-0.3, -0.25) is 0 Å². The molecule has 106 valence electrons. The molecule has 0 aliphatic heterocycles. The average molecular weight is 268 g/mol. The van der Waals surface area contributed by atoms with E-state index in [9.17, 15) is 0 Å². The summed E-state index contributed by atoms with van der Waals surface area (Å²) in [6.07, 6.45) is 13.2. The van der Waals surface area contributed by atoms with E-state index in [0.717, 1.165) is 12.0 Å². The minimum absolute atomic E-state index is 0.894. The molecule has 1 aromatic carbocycles. The number of hydrogen-bond donors (Lipinski definition) is 1. The highest BCUT2D eigenvalue weighted by atomic mass is 16.3. The second kappa shape index (κ2) is 10.1. The summed E-state index contributed by atoms with van der Waals surface area (Å²) in [7, 11) is 0. The van der Waals surface area contributed by atoms with E-state index >= 15 is 0 Å². The third-order valence-electron chi connectivity index (χ3n) is 3.28. The van der Waals surface area contributed by atoms with Gasteiger partial charge in [0.15, 0.2) is 6.10 Å². The molecular formula is C19H24O. The van der Waals surface area contributed by atoms with E-state index in [1.54, 1.807) is 0 Å². The molecule has 0 spiro atoms. The Morgan fingerprint density at radius 3 is 2.35 bits per heavy atom. The van der Waals surface area contributed by atoms with Gasteiger partial charge in [0.2, 0.25) is 0 Å². The zero-order valence-electron chi connectivity index (χ0n) is 12.4. The lowest BCUT2D eigenvalue weighted by Crippen LogP contribution is -1.96. The highest BCUT2D eigenvalue weighted by Crippen LogP contribution is 2.10. The van der Waals surface area contributed by atoms with Crippen LogP contribution in [0.5, 0.6) is 0 Å². The van der Waals surface area contributed by atoms with Crippen molar-refractivity contribution in [2.75, 3.05) is 0 Å². The van der Waals surface area contributed by atoms with Crippen LogP contribution in [0.15, 0.2) is 24.3 Å². The Morgan fingerprint density at radius 2 is 1.70 bits per heavy atom. The van der Waals surface area contributed by atoms with Crippen molar-refractivity contribution >= 4 is 0 Å². The summed E-state index contributed by atoms with van der Waals surface area (Å²) in [5.74, 6) is 7.66. The van der Waals surface area contributed by atoms with Crippen molar-refractivity contribution in [3.8, 4) is 24.2 Å². The summed E-state index contributed by atoms with van der Waals surface area (Å²) < 4.78 is 0. The van der Waals surface area contributed by atoms with Gasteiger partial charge in [0, 0.05) is 5.56 Å². The Balaban J connectivity index is 2.32. The smallest absolute Gasteiger partial charge is 0.176 e. The first-order valence-electron chi connectivity index (χ1n) is 7.51. The second-order valence-electron chi connectivity index (χ2n) is 5.05. The Kier molecular flexibility index (Phi) is 8.28. The van der Waals surface area contributed by atoms with Gasteiger partial charge < -0.3 is 5.11 Å². The zero-order chi connectivity index (χ0) is 14.6. The van der Waals surface area contributed by atoms with E-state index in [2.05, 4.69) is 36.8 Å². The highest BCUT2D eigenvalue weighted by molar-refractivity contribution is 5.38. The molecule has 0 fully saturated rings. The Labute approximate surface area is 123 Å². The molecule has 0 saturated heterocycles. The summed E-state index contributed by atoms with van der Waals surface area (Å²) in [5.41, 5.74) is 2.24. The van der Waals surface area contributed by atoms with Gasteiger partial charge in [-0.1, -0.05) is 68.9 Å². The van der Waals surface area contributed by atoms with E-state index in [1.165, 1.54) is 44.1 Å². The molecule has 1 N–H and O–H groups in total. The van der Waals surface area contributed by atoms with Crippen molar-refractivity contribution in [1.29, 1.82) is 0 Å². The number of terminal acetylenes is 1. The number of aliphatic hydroxyl groups is 1. The first-order chi connectivity index (χ1) is 9.76. The fourth-order valence-electron chi connectivity index (χ4n) is 2.06. The van der Waals surface area contributed by atoms with Gasteiger partial charge in [-0.15, -0.1) is 6.42 Å². The summed E-state index contributed by atoms with van der Waals surface area (Å²) in [5, 5.41) is 9.17. The van der Waals surface area contributed by atoms with Crippen molar-refractivity contribution in [2.45, 2.75) is 58.0 Å². The molecule has 0 bridgehead atoms. The molecule has 1 rings (SSSR count). The Bertz CT molecular complexity index is 467. The monoisotopic (exact) mass is 268 g/mol. The van der Waals surface area contributed by atoms with Crippen molar-refractivity contribution in [1.82, 2.24) is 0 Å². The van der Waals surface area contributed by atoms with Crippen LogP contribution >= 0.6 is 0 Å². The fourth-order valence-corrected chi connectivity index (χ4v) is 2.06. The first-order valence-corrected chi connectivity index (χ1v) is 7.51. The molecule has 1 nitrogen and oxygen atoms in total. The van der Waals surface area contributed by atoms with Crippen LogP contribution in [0.4, 0.5) is 0 Å². The van der Waals surface area contributed by atoms with Crippen LogP contribution in [0.1, 0.15) is 56.6 Å². The van der Waals surface area contributed by atoms with Gasteiger partial charge >= 0.3 is 0 Å². The molecule has 1 atom stereocenters. The molecule has 0 aromatic heterocycles. The number of aryl methyl sites for hydroxylation is 1. The van der Waals surface area contributed by atoms with Crippen LogP contribution in [-0.4, -0.2) is 11.2 Å². The molecule has 0 unspecified atom stereocenters. The molecule has 0 heterocycles. The van der Waals surface area contributed by atoms with Crippen LogP contribution in [0.3, 0.4) is 0 Å². The molecule has 0 aliphatic carbocycles. The summed E-state index contributed by atoms with van der Waals surface area (Å²) >= 11 is 0. The quantitative estimate of drug-likeness (QED) is 0.586. The van der Waals surface area contributed by atoms with Crippen LogP contribution in [-0.2, 0) is 6.42 Å². The number of rotatable bonds is 7. The molecule has 0 amide bonds. The van der Waals surface area contributed by atoms with E-state index in [4.69, 9.17) is 11.5 Å². The SMILES string of the molecule is C#C[C@@H](O)C#Cc1ccc(CCCCCCCC)cc1. The molecule has 0 radical (unpaired) electrons. The third-order valence-corrected chi connectivity index (χ3v) is 3.28. The van der Waals surface area contributed by atoms with E-state index in [1.807, 2.05) is 12.1 Å². The summed E-state index contributed by atoms with van der Waals surface area (Å²) in [6.45, 7) is 2.24. The van der Waals surface area contributed by atoms with Crippen LogP contribution in [0.2, 0.25) is 0 Å². The predicted octanol–water partition coefficient (Wildman–Crippen LogP) is 3.94. The molecule has 20 heavy (non-hydrogen) atoms. The Hall–Kier alpha value is -1.70. The third kappa shape index (κ3) is 7.03. The van der Waals surface area contributed by atoms with Crippen molar-refractivity contribution in [3.05, 3.63) is 35.4 Å². The molecular weight excluding hydrogens is 244 g/mol. The van der Waals surface area contributed by atoms with Crippen LogP contribution < -0.4 is 0 Å². The van der Waals surface area contributed by atoms with Crippen molar-refractivity contribution in [3.63, 3.8) is 0 Å². The minimum Gasteiger partial charge on any atom is -0.369 e. The topological polar surface area (TPSA) is 20.2 Å². The maximum atomic E-state index is 9.17. The van der Waals surface area contributed by atoms with E-state index in [-0.39, 0.29) is 0 Å². The number of unbranched alkanes of at least 4 members (excludes halogenated alkanes) is 5. The summed E-state index contributed by atoms with van der Waals surface area (Å²) in [4.78, 5) is 0. The number of benzene rings is 1. The average Bonchev–Trinajstić information content (AvgIpc) is 2.49. The molecule has 1 heteroatoms. The van der Waals surface area contributed by atoms with Gasteiger partial charge in [0.1, 0.15) is 0 Å². The number of aliphatic hydroxyl groups excluding tert-OH is 1. The largest absolute Gasteiger partial charge is 0.369 e. The molecule has 1 aromatic rings. The summed E-state index contributed by atoms with van der Waals surface area (Å²) in [6, 6.07) is 8.20. The zero-order valence-corrected chi connectivity index (χ0v) is 12.4. The van der Waals surface area contributed by atoms with E-state index in [0.29, 0.717) is 0 Å². The highest BCUT2D eigenvalue weighted by Gasteiger charge is 1.95. The predicted molar refractivity (Wildman–Crippen MR) is 85.2 cm³/mol. The van der Waals surface area contributed by atoms with Gasteiger partial charge in [0.25, 0.3) is 0 Å². The van der Waals surface area contributed by atoms with Crippen molar-refractivity contribution in [2.24, 2.45) is 0 Å². The first kappa shape index (κ1) is 16.4. The van der Waals surface area contributed by atoms with E-state index < -0.39 is 6.10 Å². The minimum atomic E-state index is -0.974. The maximum Gasteiger partial charge on any atom is 0.176 e. The fraction of sp³-hybridized carbons (Fsp3) is 0.474. The Morgan fingerprint density at radius 1 is 1.05 bits per heavy atom. The van der Waals surface area contributed by atoms with Crippen LogP contribution in [0, 0.1) is 24.2 Å². The lowest BCUT2D eigenvalue weighted by Gasteiger charge is -2.02. The second-order valence-corrected chi connectivity index (χ2v) is 5.05. The van der Waals surface area contributed by atoms with Gasteiger partial charge in [-0.25, -0.2) is 0 Å². The standard InChI is InChI=1S/C19H24O/c1-3-5-6-7-8-9-10-17-11-13-18(14-12-17)15-16-19(20)4-2/h2,11-14,19-20H,3,5-10H2,1H3/t19-/m1/s1. The van der Waals surface area contributed by atoms with Gasteiger partial charge in [0.05, 0.1) is 0 Å². The molecule has 0 saturated carbocycles. The molecule has 0 aliphatic rings. The number of hydrogen-bond acceptors (Lipinski definition) is 1. The lowest BCUT2D eigenvalue weighted by molar-refractivity contribution is 0.290. The van der Waals surface area contributed by atoms with Crippen LogP contribution in [0.25, 0.3) is 0 Å². The van der Waals surface area contributed by atoms with Gasteiger partial charge in [-0.2, -0.15) is 0 Å². The lowest BCUT2D eigenvalue weighted by atomic mass is 10.0. The maximum absolute atomic E-state index is 9.17.